The van der Waals surface area contributed by atoms with E-state index in [1.54, 1.807) is 18.4 Å². The fraction of sp³-hybridized carbons (Fsp3) is 0.800. The van der Waals surface area contributed by atoms with Crippen LogP contribution in [0.1, 0.15) is 45.7 Å². The topological polar surface area (TPSA) is 37.4 Å². The molecule has 0 fully saturated rings. The zero-order valence-corrected chi connectivity index (χ0v) is 14.1. The van der Waals surface area contributed by atoms with Crippen LogP contribution in [0.25, 0.3) is 0 Å². The lowest BCUT2D eigenvalue weighted by Crippen LogP contribution is -2.37. The van der Waals surface area contributed by atoms with Gasteiger partial charge in [0, 0.05) is 31.6 Å². The van der Waals surface area contributed by atoms with Gasteiger partial charge in [-0.05, 0) is 25.8 Å². The summed E-state index contributed by atoms with van der Waals surface area (Å²) in [6.45, 7) is 10.2. The minimum atomic E-state index is 0.549. The average Bonchev–Trinajstić information content (AvgIpc) is 2.92. The monoisotopic (exact) mass is 299 g/mol. The summed E-state index contributed by atoms with van der Waals surface area (Å²) in [5, 5.41) is 6.70. The van der Waals surface area contributed by atoms with Gasteiger partial charge in [-0.25, -0.2) is 4.98 Å². The van der Waals surface area contributed by atoms with Crippen molar-refractivity contribution in [1.29, 1.82) is 0 Å². The van der Waals surface area contributed by atoms with Crippen LogP contribution in [0.15, 0.2) is 5.38 Å². The van der Waals surface area contributed by atoms with Gasteiger partial charge in [0.1, 0.15) is 0 Å². The first kappa shape index (κ1) is 17.4. The number of methoxy groups -OCH3 is 1. The molecule has 1 rings (SSSR count). The molecule has 0 unspecified atom stereocenters. The first-order valence-corrected chi connectivity index (χ1v) is 8.55. The maximum Gasteiger partial charge on any atom is 0.185 e. The molecule has 1 aromatic heterocycles. The van der Waals surface area contributed by atoms with Gasteiger partial charge in [0.15, 0.2) is 5.13 Å². The van der Waals surface area contributed by atoms with Gasteiger partial charge in [0.05, 0.1) is 12.3 Å². The van der Waals surface area contributed by atoms with Crippen LogP contribution < -0.4 is 10.2 Å². The van der Waals surface area contributed by atoms with Gasteiger partial charge in [0.2, 0.25) is 0 Å². The zero-order chi connectivity index (χ0) is 14.8. The molecular formula is C15H29N3OS. The summed E-state index contributed by atoms with van der Waals surface area (Å²) in [6.07, 6.45) is 3.44. The summed E-state index contributed by atoms with van der Waals surface area (Å²) >= 11 is 1.74. The van der Waals surface area contributed by atoms with Crippen LogP contribution in [0.3, 0.4) is 0 Å². The van der Waals surface area contributed by atoms with E-state index in [-0.39, 0.29) is 0 Å². The lowest BCUT2D eigenvalue weighted by atomic mass is 10.1. The molecule has 0 atom stereocenters. The second kappa shape index (κ2) is 10.1. The Bertz CT molecular complexity index is 353. The van der Waals surface area contributed by atoms with Crippen molar-refractivity contribution in [1.82, 2.24) is 10.3 Å². The van der Waals surface area contributed by atoms with E-state index < -0.39 is 0 Å². The molecule has 1 N–H and O–H groups in total. The molecule has 0 saturated carbocycles. The van der Waals surface area contributed by atoms with E-state index in [4.69, 9.17) is 9.72 Å². The fourth-order valence-electron chi connectivity index (χ4n) is 2.26. The van der Waals surface area contributed by atoms with Crippen molar-refractivity contribution in [2.45, 2.75) is 52.6 Å². The van der Waals surface area contributed by atoms with Gasteiger partial charge < -0.3 is 15.0 Å². The number of hydrogen-bond donors (Lipinski definition) is 1. The number of thiazole rings is 1. The predicted octanol–water partition coefficient (Wildman–Crippen LogP) is 3.28. The van der Waals surface area contributed by atoms with E-state index in [1.165, 1.54) is 0 Å². The van der Waals surface area contributed by atoms with Gasteiger partial charge in [-0.3, -0.25) is 0 Å². The zero-order valence-electron chi connectivity index (χ0n) is 13.3. The molecule has 0 bridgehead atoms. The summed E-state index contributed by atoms with van der Waals surface area (Å²) in [5.41, 5.74) is 1.15. The van der Waals surface area contributed by atoms with Gasteiger partial charge in [-0.15, -0.1) is 11.3 Å². The third-order valence-corrected chi connectivity index (χ3v) is 4.36. The van der Waals surface area contributed by atoms with E-state index >= 15 is 0 Å². The molecule has 116 valence electrons. The van der Waals surface area contributed by atoms with Crippen LogP contribution in [0, 0.1) is 0 Å². The highest BCUT2D eigenvalue weighted by molar-refractivity contribution is 7.13. The van der Waals surface area contributed by atoms with Gasteiger partial charge in [-0.1, -0.05) is 20.8 Å². The van der Waals surface area contributed by atoms with Gasteiger partial charge >= 0.3 is 0 Å². The number of aromatic nitrogens is 1. The fourth-order valence-corrected chi connectivity index (χ4v) is 3.18. The van der Waals surface area contributed by atoms with Gasteiger partial charge in [0.25, 0.3) is 0 Å². The van der Waals surface area contributed by atoms with Crippen molar-refractivity contribution in [2.24, 2.45) is 0 Å². The second-order valence-corrected chi connectivity index (χ2v) is 5.79. The molecule has 4 nitrogen and oxygen atoms in total. The molecule has 0 saturated heterocycles. The Kier molecular flexibility index (Phi) is 8.82. The maximum atomic E-state index is 5.24. The standard InChI is InChI=1S/C15H29N3OS/c1-5-8-16-11-13-12-20-15(17-13)18(9-10-19-4)14(6-2)7-3/h12,14,16H,5-11H2,1-4H3. The number of ether oxygens (including phenoxy) is 1. The van der Waals surface area contributed by atoms with E-state index in [1.807, 2.05) is 0 Å². The molecule has 0 spiro atoms. The summed E-state index contributed by atoms with van der Waals surface area (Å²) < 4.78 is 5.24. The molecule has 0 aromatic carbocycles. The normalized spacial score (nSPS) is 11.2. The van der Waals surface area contributed by atoms with Crippen LogP contribution in [0.5, 0.6) is 0 Å². The molecule has 0 amide bonds. The quantitative estimate of drug-likeness (QED) is 0.636. The Morgan fingerprint density at radius 2 is 2.10 bits per heavy atom. The van der Waals surface area contributed by atoms with E-state index in [9.17, 15) is 0 Å². The molecular weight excluding hydrogens is 270 g/mol. The lowest BCUT2D eigenvalue weighted by Gasteiger charge is -2.29. The molecule has 0 aliphatic rings. The van der Waals surface area contributed by atoms with Crippen molar-refractivity contribution >= 4 is 16.5 Å². The van der Waals surface area contributed by atoms with Crippen molar-refractivity contribution in [3.63, 3.8) is 0 Å². The van der Waals surface area contributed by atoms with E-state index in [2.05, 4.69) is 36.4 Å². The second-order valence-electron chi connectivity index (χ2n) is 4.95. The summed E-state index contributed by atoms with van der Waals surface area (Å²) in [4.78, 5) is 7.18. The van der Waals surface area contributed by atoms with E-state index in [0.29, 0.717) is 6.04 Å². The molecule has 1 heterocycles. The highest BCUT2D eigenvalue weighted by Gasteiger charge is 2.18. The number of nitrogens with one attached hydrogen (secondary N) is 1. The molecule has 0 aliphatic heterocycles. The summed E-state index contributed by atoms with van der Waals surface area (Å²) in [6, 6.07) is 0.549. The lowest BCUT2D eigenvalue weighted by molar-refractivity contribution is 0.202. The largest absolute Gasteiger partial charge is 0.383 e. The molecule has 0 aliphatic carbocycles. The molecule has 5 heteroatoms. The van der Waals surface area contributed by atoms with E-state index in [0.717, 1.165) is 56.3 Å². The molecule has 20 heavy (non-hydrogen) atoms. The van der Waals surface area contributed by atoms with Crippen LogP contribution in [0.4, 0.5) is 5.13 Å². The third kappa shape index (κ3) is 5.38. The Balaban J connectivity index is 2.69. The minimum Gasteiger partial charge on any atom is -0.383 e. The number of rotatable bonds is 11. The Hall–Kier alpha value is -0.650. The summed E-state index contributed by atoms with van der Waals surface area (Å²) in [7, 11) is 1.76. The van der Waals surface area contributed by atoms with Gasteiger partial charge in [-0.2, -0.15) is 0 Å². The Labute approximate surface area is 127 Å². The number of anilines is 1. The van der Waals surface area contributed by atoms with Crippen LogP contribution >= 0.6 is 11.3 Å². The average molecular weight is 299 g/mol. The Morgan fingerprint density at radius 1 is 1.35 bits per heavy atom. The molecule has 0 radical (unpaired) electrons. The number of hydrogen-bond acceptors (Lipinski definition) is 5. The SMILES string of the molecule is CCCNCc1csc(N(CCOC)C(CC)CC)n1. The number of nitrogens with zero attached hydrogens (tertiary/aromatic N) is 2. The maximum absolute atomic E-state index is 5.24. The predicted molar refractivity (Wildman–Crippen MR) is 87.7 cm³/mol. The first-order valence-electron chi connectivity index (χ1n) is 7.67. The highest BCUT2D eigenvalue weighted by Crippen LogP contribution is 2.24. The van der Waals surface area contributed by atoms with Crippen molar-refractivity contribution in [2.75, 3.05) is 31.7 Å². The van der Waals surface area contributed by atoms with Crippen LogP contribution in [0.2, 0.25) is 0 Å². The first-order chi connectivity index (χ1) is 9.76. The molecule has 1 aromatic rings. The van der Waals surface area contributed by atoms with Crippen LogP contribution in [-0.4, -0.2) is 37.8 Å². The minimum absolute atomic E-state index is 0.549. The third-order valence-electron chi connectivity index (χ3n) is 3.44. The Morgan fingerprint density at radius 3 is 2.70 bits per heavy atom. The van der Waals surface area contributed by atoms with Crippen molar-refractivity contribution in [3.05, 3.63) is 11.1 Å². The van der Waals surface area contributed by atoms with Crippen LogP contribution in [-0.2, 0) is 11.3 Å². The smallest absolute Gasteiger partial charge is 0.185 e. The summed E-state index contributed by atoms with van der Waals surface area (Å²) in [5.74, 6) is 0. The van der Waals surface area contributed by atoms with Crippen molar-refractivity contribution < 1.29 is 4.74 Å². The highest BCUT2D eigenvalue weighted by atomic mass is 32.1. The van der Waals surface area contributed by atoms with Crippen molar-refractivity contribution in [3.8, 4) is 0 Å².